The number of nitrogens with zero attached hydrogens (tertiary/aromatic N) is 1. The van der Waals surface area contributed by atoms with E-state index in [1.54, 1.807) is 26.0 Å². The van der Waals surface area contributed by atoms with E-state index in [0.29, 0.717) is 16.8 Å². The monoisotopic (exact) mass is 301 g/mol. The van der Waals surface area contributed by atoms with Gasteiger partial charge in [-0.05, 0) is 37.1 Å². The summed E-state index contributed by atoms with van der Waals surface area (Å²) in [6.45, 7) is 3.17. The summed E-state index contributed by atoms with van der Waals surface area (Å²) in [5.74, 6) is 5.33. The van der Waals surface area contributed by atoms with E-state index in [0.717, 1.165) is 4.31 Å². The number of aliphatic hydroxyl groups excluding tert-OH is 2. The molecule has 1 fully saturated rings. The second-order valence-corrected chi connectivity index (χ2v) is 6.91. The minimum absolute atomic E-state index is 0.0979. The SMILES string of the molecule is Cc1cc(NN)cc(C)c1S(=O)(=O)N1CC(O)C(O)C1. The molecule has 7 nitrogen and oxygen atoms in total. The number of hydrazine groups is 1. The third-order valence-corrected chi connectivity index (χ3v) is 5.59. The highest BCUT2D eigenvalue weighted by molar-refractivity contribution is 7.89. The van der Waals surface area contributed by atoms with Crippen molar-refractivity contribution in [3.05, 3.63) is 23.3 Å². The number of β-amino-alcohol motifs (C(OH)–C–C–N with tert-alkyl or cyclic N) is 2. The smallest absolute Gasteiger partial charge is 0.243 e. The van der Waals surface area contributed by atoms with Crippen LogP contribution in [0, 0.1) is 13.8 Å². The molecule has 0 aromatic heterocycles. The average molecular weight is 301 g/mol. The summed E-state index contributed by atoms with van der Waals surface area (Å²) < 4.78 is 26.3. The number of aryl methyl sites for hydroxylation is 2. The van der Waals surface area contributed by atoms with Gasteiger partial charge in [0.25, 0.3) is 0 Å². The van der Waals surface area contributed by atoms with Crippen LogP contribution in [0.4, 0.5) is 5.69 Å². The first-order valence-electron chi connectivity index (χ1n) is 6.21. The maximum atomic E-state index is 12.6. The van der Waals surface area contributed by atoms with Crippen LogP contribution < -0.4 is 11.3 Å². The van der Waals surface area contributed by atoms with Gasteiger partial charge in [0, 0.05) is 18.8 Å². The van der Waals surface area contributed by atoms with E-state index in [2.05, 4.69) is 5.43 Å². The Bertz CT molecular complexity index is 584. The fourth-order valence-corrected chi connectivity index (χ4v) is 4.39. The van der Waals surface area contributed by atoms with Crippen LogP contribution in [0.5, 0.6) is 0 Å². The maximum absolute atomic E-state index is 12.6. The molecule has 20 heavy (non-hydrogen) atoms. The highest BCUT2D eigenvalue weighted by atomic mass is 32.2. The zero-order valence-electron chi connectivity index (χ0n) is 11.4. The molecule has 1 aliphatic heterocycles. The Labute approximate surface area is 118 Å². The van der Waals surface area contributed by atoms with Gasteiger partial charge < -0.3 is 15.6 Å². The molecular formula is C12H19N3O4S. The van der Waals surface area contributed by atoms with Crippen LogP contribution in [0.15, 0.2) is 17.0 Å². The number of hydrogen-bond acceptors (Lipinski definition) is 6. The number of sulfonamides is 1. The van der Waals surface area contributed by atoms with Crippen LogP contribution >= 0.6 is 0 Å². The zero-order chi connectivity index (χ0) is 15.1. The fourth-order valence-electron chi connectivity index (χ4n) is 2.50. The van der Waals surface area contributed by atoms with Gasteiger partial charge in [-0.1, -0.05) is 0 Å². The van der Waals surface area contributed by atoms with Gasteiger partial charge in [-0.25, -0.2) is 8.42 Å². The number of nitrogen functional groups attached to an aromatic ring is 1. The topological polar surface area (TPSA) is 116 Å². The summed E-state index contributed by atoms with van der Waals surface area (Å²) in [5, 5.41) is 19.0. The number of hydrogen-bond donors (Lipinski definition) is 4. The molecular weight excluding hydrogens is 282 g/mol. The molecule has 1 saturated heterocycles. The van der Waals surface area contributed by atoms with Crippen molar-refractivity contribution in [1.82, 2.24) is 4.31 Å². The molecule has 0 spiro atoms. The van der Waals surface area contributed by atoms with Gasteiger partial charge >= 0.3 is 0 Å². The van der Waals surface area contributed by atoms with Gasteiger partial charge in [0.15, 0.2) is 0 Å². The summed E-state index contributed by atoms with van der Waals surface area (Å²) >= 11 is 0. The molecule has 112 valence electrons. The Kier molecular flexibility index (Phi) is 4.03. The van der Waals surface area contributed by atoms with Gasteiger partial charge in [0.2, 0.25) is 10.0 Å². The lowest BCUT2D eigenvalue weighted by atomic mass is 10.1. The predicted octanol–water partition coefficient (Wildman–Crippen LogP) is -0.685. The summed E-state index contributed by atoms with van der Waals surface area (Å²) in [6.07, 6.45) is -2.09. The summed E-state index contributed by atoms with van der Waals surface area (Å²) in [6, 6.07) is 3.28. The van der Waals surface area contributed by atoms with Crippen molar-refractivity contribution in [2.75, 3.05) is 18.5 Å². The minimum atomic E-state index is -3.75. The van der Waals surface area contributed by atoms with E-state index in [4.69, 9.17) is 5.84 Å². The van der Waals surface area contributed by atoms with Crippen LogP contribution in [0.25, 0.3) is 0 Å². The quantitative estimate of drug-likeness (QED) is 0.434. The first-order valence-corrected chi connectivity index (χ1v) is 7.65. The Morgan fingerprint density at radius 2 is 1.65 bits per heavy atom. The number of nitrogens with one attached hydrogen (secondary N) is 1. The van der Waals surface area contributed by atoms with Crippen molar-refractivity contribution in [1.29, 1.82) is 0 Å². The molecule has 1 aromatic rings. The Balaban J connectivity index is 2.45. The number of nitrogens with two attached hydrogens (primary N) is 1. The standard InChI is InChI=1S/C12H19N3O4S/c1-7-3-9(14-13)4-8(2)12(7)20(18,19)15-5-10(16)11(17)6-15/h3-4,10-11,14,16-17H,5-6,13H2,1-2H3. The molecule has 0 saturated carbocycles. The van der Waals surface area contributed by atoms with Gasteiger partial charge in [-0.3, -0.25) is 5.84 Å². The molecule has 5 N–H and O–H groups in total. The second kappa shape index (κ2) is 5.30. The molecule has 1 aromatic carbocycles. The Morgan fingerprint density at radius 3 is 2.05 bits per heavy atom. The van der Waals surface area contributed by atoms with E-state index >= 15 is 0 Å². The molecule has 8 heteroatoms. The van der Waals surface area contributed by atoms with Gasteiger partial charge in [0.05, 0.1) is 17.1 Å². The number of anilines is 1. The summed E-state index contributed by atoms with van der Waals surface area (Å²) in [5.41, 5.74) is 4.24. The van der Waals surface area contributed by atoms with Crippen LogP contribution in [0.3, 0.4) is 0 Å². The molecule has 1 aliphatic rings. The molecule has 2 rings (SSSR count). The number of rotatable bonds is 3. The Hall–Kier alpha value is -1.19. The third kappa shape index (κ3) is 2.52. The van der Waals surface area contributed by atoms with Gasteiger partial charge in [-0.15, -0.1) is 0 Å². The van der Waals surface area contributed by atoms with Crippen molar-refractivity contribution in [3.63, 3.8) is 0 Å². The van der Waals surface area contributed by atoms with E-state index in [-0.39, 0.29) is 18.0 Å². The lowest BCUT2D eigenvalue weighted by molar-refractivity contribution is 0.0572. The zero-order valence-corrected chi connectivity index (χ0v) is 12.2. The molecule has 0 aliphatic carbocycles. The molecule has 2 atom stereocenters. The molecule has 0 radical (unpaired) electrons. The van der Waals surface area contributed by atoms with Crippen LogP contribution in [0.1, 0.15) is 11.1 Å². The lowest BCUT2D eigenvalue weighted by Crippen LogP contribution is -2.31. The molecule has 1 heterocycles. The molecule has 0 bridgehead atoms. The third-order valence-electron chi connectivity index (χ3n) is 3.45. The molecule has 2 unspecified atom stereocenters. The van der Waals surface area contributed by atoms with E-state index in [1.165, 1.54) is 0 Å². The maximum Gasteiger partial charge on any atom is 0.243 e. The number of benzene rings is 1. The predicted molar refractivity (Wildman–Crippen MR) is 74.5 cm³/mol. The summed E-state index contributed by atoms with van der Waals surface area (Å²) in [4.78, 5) is 0.192. The minimum Gasteiger partial charge on any atom is -0.389 e. The number of aliphatic hydroxyl groups is 2. The largest absolute Gasteiger partial charge is 0.389 e. The van der Waals surface area contributed by atoms with Crippen LogP contribution in [-0.2, 0) is 10.0 Å². The van der Waals surface area contributed by atoms with E-state index < -0.39 is 22.2 Å². The van der Waals surface area contributed by atoms with Crippen LogP contribution in [-0.4, -0.2) is 48.2 Å². The average Bonchev–Trinajstić information content (AvgIpc) is 2.69. The van der Waals surface area contributed by atoms with Crippen molar-refractivity contribution in [2.45, 2.75) is 31.0 Å². The highest BCUT2D eigenvalue weighted by Gasteiger charge is 2.38. The molecule has 0 amide bonds. The first kappa shape index (κ1) is 15.2. The van der Waals surface area contributed by atoms with Crippen molar-refractivity contribution >= 4 is 15.7 Å². The second-order valence-electron chi connectivity index (χ2n) is 5.04. The lowest BCUT2D eigenvalue weighted by Gasteiger charge is -2.19. The highest BCUT2D eigenvalue weighted by Crippen LogP contribution is 2.29. The van der Waals surface area contributed by atoms with Crippen molar-refractivity contribution < 1.29 is 18.6 Å². The van der Waals surface area contributed by atoms with Crippen molar-refractivity contribution in [3.8, 4) is 0 Å². The summed E-state index contributed by atoms with van der Waals surface area (Å²) in [7, 11) is -3.75. The Morgan fingerprint density at radius 1 is 1.20 bits per heavy atom. The van der Waals surface area contributed by atoms with Gasteiger partial charge in [-0.2, -0.15) is 4.31 Å². The van der Waals surface area contributed by atoms with E-state index in [9.17, 15) is 18.6 Å². The van der Waals surface area contributed by atoms with E-state index in [1.807, 2.05) is 0 Å². The first-order chi connectivity index (χ1) is 9.27. The van der Waals surface area contributed by atoms with Crippen LogP contribution in [0.2, 0.25) is 0 Å². The fraction of sp³-hybridized carbons (Fsp3) is 0.500. The van der Waals surface area contributed by atoms with Crippen molar-refractivity contribution in [2.24, 2.45) is 5.84 Å². The normalized spacial score (nSPS) is 24.1. The van der Waals surface area contributed by atoms with Gasteiger partial charge in [0.1, 0.15) is 0 Å².